The van der Waals surface area contributed by atoms with E-state index in [0.717, 1.165) is 0 Å². The fraction of sp³-hybridized carbons (Fsp3) is 0.875. The topological polar surface area (TPSA) is 47.1 Å². The number of carbonyl (C=O) groups excluding carboxylic acids is 2. The molecule has 1 aliphatic heterocycles. The zero-order valence-corrected chi connectivity index (χ0v) is 20.5. The lowest BCUT2D eigenvalue weighted by atomic mass is 10.3. The summed E-state index contributed by atoms with van der Waals surface area (Å²) in [5.74, 6) is 1.97. The smallest absolute Gasteiger partial charge is 0.236 e. The summed E-state index contributed by atoms with van der Waals surface area (Å²) in [6.07, 6.45) is 0. The van der Waals surface area contributed by atoms with Crippen LogP contribution in [0.5, 0.6) is 0 Å². The van der Waals surface area contributed by atoms with E-state index < -0.39 is 0 Å². The normalized spacial score (nSPS) is 14.1. The molecule has 1 saturated heterocycles. The monoisotopic (exact) mass is 520 g/mol. The van der Waals surface area contributed by atoms with Crippen LogP contribution in [0, 0.1) is 0 Å². The van der Waals surface area contributed by atoms with E-state index in [4.69, 9.17) is 46.4 Å². The number of halogens is 6. The van der Waals surface area contributed by atoms with Crippen molar-refractivity contribution in [3.05, 3.63) is 0 Å². The third-order valence-corrected chi connectivity index (χ3v) is 4.98. The zero-order chi connectivity index (χ0) is 19.4. The van der Waals surface area contributed by atoms with E-state index >= 15 is 0 Å². The van der Waals surface area contributed by atoms with Crippen molar-refractivity contribution < 1.29 is 9.59 Å². The van der Waals surface area contributed by atoms with Gasteiger partial charge in [-0.25, -0.2) is 0 Å². The van der Waals surface area contributed by atoms with Crippen LogP contribution in [0.2, 0.25) is 0 Å². The van der Waals surface area contributed by atoms with E-state index in [9.17, 15) is 9.59 Å². The summed E-state index contributed by atoms with van der Waals surface area (Å²) in [4.78, 5) is 32.4. The maximum absolute atomic E-state index is 12.4. The van der Waals surface area contributed by atoms with Gasteiger partial charge in [-0.2, -0.15) is 0 Å². The minimum atomic E-state index is 0. The SMILES string of the molecule is Cl.Cl.O=C(CN(CCCl)CCCl)N1CCN(C(=O)CN(CCCl)CCCl)CC1. The van der Waals surface area contributed by atoms with Crippen LogP contribution >= 0.6 is 71.2 Å². The Morgan fingerprint density at radius 1 is 0.607 bits per heavy atom. The van der Waals surface area contributed by atoms with Gasteiger partial charge in [-0.15, -0.1) is 71.2 Å². The van der Waals surface area contributed by atoms with Crippen molar-refractivity contribution in [1.29, 1.82) is 0 Å². The number of rotatable bonds is 12. The zero-order valence-electron chi connectivity index (χ0n) is 15.8. The van der Waals surface area contributed by atoms with Crippen LogP contribution in [0.25, 0.3) is 0 Å². The molecular formula is C16H30Cl6N4O2. The lowest BCUT2D eigenvalue weighted by Crippen LogP contribution is -2.54. The number of hydrogen-bond acceptors (Lipinski definition) is 4. The first-order chi connectivity index (χ1) is 12.5. The summed E-state index contributed by atoms with van der Waals surface area (Å²) in [5.41, 5.74) is 0. The molecular weight excluding hydrogens is 493 g/mol. The van der Waals surface area contributed by atoms with Crippen molar-refractivity contribution in [3.8, 4) is 0 Å². The molecule has 168 valence electrons. The lowest BCUT2D eigenvalue weighted by molar-refractivity contribution is -0.140. The molecule has 0 aromatic heterocycles. The summed E-state index contributed by atoms with van der Waals surface area (Å²) in [6, 6.07) is 0. The van der Waals surface area contributed by atoms with Crippen molar-refractivity contribution >= 4 is 83.0 Å². The van der Waals surface area contributed by atoms with Gasteiger partial charge in [-0.05, 0) is 0 Å². The Kier molecular flexibility index (Phi) is 20.2. The lowest BCUT2D eigenvalue weighted by Gasteiger charge is -2.36. The third kappa shape index (κ3) is 11.7. The number of hydrogen-bond donors (Lipinski definition) is 0. The van der Waals surface area contributed by atoms with E-state index in [1.165, 1.54) is 0 Å². The van der Waals surface area contributed by atoms with Gasteiger partial charge < -0.3 is 9.80 Å². The van der Waals surface area contributed by atoms with Crippen LogP contribution in [-0.2, 0) is 9.59 Å². The van der Waals surface area contributed by atoms with Crippen molar-refractivity contribution in [2.75, 3.05) is 89.0 Å². The molecule has 1 heterocycles. The molecule has 0 spiro atoms. The average Bonchev–Trinajstić information content (AvgIpc) is 2.62. The Morgan fingerprint density at radius 3 is 1.07 bits per heavy atom. The first-order valence-corrected chi connectivity index (χ1v) is 10.9. The number of piperazine rings is 1. The van der Waals surface area contributed by atoms with Gasteiger partial charge in [-0.3, -0.25) is 19.4 Å². The minimum absolute atomic E-state index is 0. The Labute approximate surface area is 200 Å². The second-order valence-electron chi connectivity index (χ2n) is 6.07. The summed E-state index contributed by atoms with van der Waals surface area (Å²) in [5, 5.41) is 0. The van der Waals surface area contributed by atoms with Gasteiger partial charge in [0.2, 0.25) is 11.8 Å². The summed E-state index contributed by atoms with van der Waals surface area (Å²) in [7, 11) is 0. The van der Waals surface area contributed by atoms with Crippen molar-refractivity contribution in [2.24, 2.45) is 0 Å². The minimum Gasteiger partial charge on any atom is -0.338 e. The standard InChI is InChI=1S/C16H28Cl4N4O2.2ClH/c17-1-5-21(6-2-18)13-15(25)23-9-11-24(12-10-23)16(26)14-22(7-3-19)8-4-20;;/h1-14H2;2*1H. The predicted molar refractivity (Wildman–Crippen MR) is 123 cm³/mol. The Balaban J connectivity index is 0. The molecule has 12 heteroatoms. The fourth-order valence-corrected chi connectivity index (χ4v) is 3.76. The second-order valence-corrected chi connectivity index (χ2v) is 7.58. The molecule has 1 fully saturated rings. The molecule has 0 aliphatic carbocycles. The highest BCUT2D eigenvalue weighted by Crippen LogP contribution is 2.06. The van der Waals surface area contributed by atoms with Crippen molar-refractivity contribution in [3.63, 3.8) is 0 Å². The first kappa shape index (κ1) is 30.8. The molecule has 1 aliphatic rings. The van der Waals surface area contributed by atoms with Gasteiger partial charge in [0, 0.05) is 75.9 Å². The van der Waals surface area contributed by atoms with E-state index in [2.05, 4.69) is 0 Å². The quantitative estimate of drug-likeness (QED) is 0.368. The van der Waals surface area contributed by atoms with E-state index in [1.54, 1.807) is 9.80 Å². The molecule has 0 atom stereocenters. The molecule has 0 unspecified atom stereocenters. The highest BCUT2D eigenvalue weighted by molar-refractivity contribution is 6.18. The summed E-state index contributed by atoms with van der Waals surface area (Å²) in [6.45, 7) is 5.35. The molecule has 1 rings (SSSR count). The van der Waals surface area contributed by atoms with Gasteiger partial charge >= 0.3 is 0 Å². The molecule has 0 radical (unpaired) electrons. The largest absolute Gasteiger partial charge is 0.338 e. The number of nitrogens with zero attached hydrogens (tertiary/aromatic N) is 4. The van der Waals surface area contributed by atoms with Crippen LogP contribution in [0.15, 0.2) is 0 Å². The van der Waals surface area contributed by atoms with E-state index in [-0.39, 0.29) is 36.6 Å². The van der Waals surface area contributed by atoms with Crippen molar-refractivity contribution in [2.45, 2.75) is 0 Å². The van der Waals surface area contributed by atoms with Gasteiger partial charge in [0.25, 0.3) is 0 Å². The highest BCUT2D eigenvalue weighted by Gasteiger charge is 2.25. The maximum Gasteiger partial charge on any atom is 0.236 e. The van der Waals surface area contributed by atoms with Crippen LogP contribution in [0.1, 0.15) is 0 Å². The van der Waals surface area contributed by atoms with Gasteiger partial charge in [-0.1, -0.05) is 0 Å². The highest BCUT2D eigenvalue weighted by atomic mass is 35.5. The molecule has 0 aromatic rings. The Morgan fingerprint density at radius 2 is 0.857 bits per heavy atom. The second kappa shape index (κ2) is 18.4. The summed E-state index contributed by atoms with van der Waals surface area (Å²) >= 11 is 23.1. The molecule has 6 nitrogen and oxygen atoms in total. The molecule has 28 heavy (non-hydrogen) atoms. The van der Waals surface area contributed by atoms with Gasteiger partial charge in [0.15, 0.2) is 0 Å². The van der Waals surface area contributed by atoms with Crippen LogP contribution < -0.4 is 0 Å². The molecule has 2 amide bonds. The third-order valence-electron chi connectivity index (χ3n) is 4.31. The Bertz CT molecular complexity index is 378. The van der Waals surface area contributed by atoms with E-state index in [0.29, 0.717) is 89.0 Å². The first-order valence-electron chi connectivity index (χ1n) is 8.79. The van der Waals surface area contributed by atoms with Crippen LogP contribution in [-0.4, -0.2) is 120 Å². The van der Waals surface area contributed by atoms with Crippen LogP contribution in [0.3, 0.4) is 0 Å². The Hall–Kier alpha value is 0.600. The predicted octanol–water partition coefficient (Wildman–Crippen LogP) is 2.06. The van der Waals surface area contributed by atoms with Gasteiger partial charge in [0.05, 0.1) is 13.1 Å². The van der Waals surface area contributed by atoms with Gasteiger partial charge in [0.1, 0.15) is 0 Å². The van der Waals surface area contributed by atoms with Crippen molar-refractivity contribution in [1.82, 2.24) is 19.6 Å². The summed E-state index contributed by atoms with van der Waals surface area (Å²) < 4.78 is 0. The maximum atomic E-state index is 12.4. The number of amides is 2. The molecule has 0 N–H and O–H groups in total. The molecule has 0 aromatic carbocycles. The molecule has 0 saturated carbocycles. The number of alkyl halides is 4. The fourth-order valence-electron chi connectivity index (χ4n) is 2.81. The van der Waals surface area contributed by atoms with E-state index in [1.807, 2.05) is 9.80 Å². The molecule has 0 bridgehead atoms. The van der Waals surface area contributed by atoms with Crippen LogP contribution in [0.4, 0.5) is 0 Å². The number of carbonyl (C=O) groups is 2. The average molecular weight is 523 g/mol.